The van der Waals surface area contributed by atoms with E-state index in [9.17, 15) is 9.90 Å². The van der Waals surface area contributed by atoms with E-state index >= 15 is 0 Å². The lowest BCUT2D eigenvalue weighted by atomic mass is 10.1. The van der Waals surface area contributed by atoms with Crippen LogP contribution in [-0.2, 0) is 14.3 Å². The summed E-state index contributed by atoms with van der Waals surface area (Å²) in [4.78, 5) is 11.1. The molecule has 4 heteroatoms. The summed E-state index contributed by atoms with van der Waals surface area (Å²) in [5.74, 6) is -0.387. The van der Waals surface area contributed by atoms with Gasteiger partial charge in [-0.1, -0.05) is 13.3 Å². The van der Waals surface area contributed by atoms with Crippen molar-refractivity contribution in [3.8, 4) is 0 Å². The van der Waals surface area contributed by atoms with E-state index in [-0.39, 0.29) is 19.0 Å². The van der Waals surface area contributed by atoms with E-state index in [1.54, 1.807) is 13.8 Å². The maximum absolute atomic E-state index is 11.1. The summed E-state index contributed by atoms with van der Waals surface area (Å²) in [7, 11) is 0. The fraction of sp³-hybridized carbons (Fsp3) is 0.909. The molecule has 0 saturated carbocycles. The summed E-state index contributed by atoms with van der Waals surface area (Å²) in [5.41, 5.74) is -1.000. The van der Waals surface area contributed by atoms with E-state index < -0.39 is 5.60 Å². The van der Waals surface area contributed by atoms with Crippen LogP contribution in [0.4, 0.5) is 0 Å². The molecular formula is C11H22O4. The van der Waals surface area contributed by atoms with Gasteiger partial charge in [-0.15, -0.1) is 0 Å². The van der Waals surface area contributed by atoms with Crippen LogP contribution in [0.1, 0.15) is 40.0 Å². The molecule has 0 unspecified atom stereocenters. The van der Waals surface area contributed by atoms with E-state index in [2.05, 4.69) is 6.92 Å². The molecule has 90 valence electrons. The third-order valence-electron chi connectivity index (χ3n) is 1.71. The Morgan fingerprint density at radius 2 is 1.93 bits per heavy atom. The molecule has 0 fully saturated rings. The van der Waals surface area contributed by atoms with Gasteiger partial charge in [0.1, 0.15) is 6.61 Å². The molecule has 0 aliphatic rings. The summed E-state index contributed by atoms with van der Waals surface area (Å²) < 4.78 is 10.1. The first kappa shape index (κ1) is 14.4. The molecular weight excluding hydrogens is 196 g/mol. The smallest absolute Gasteiger partial charge is 0.308 e. The molecule has 0 radical (unpaired) electrons. The average Bonchev–Trinajstić information content (AvgIpc) is 2.08. The monoisotopic (exact) mass is 218 g/mol. The van der Waals surface area contributed by atoms with E-state index in [4.69, 9.17) is 9.47 Å². The van der Waals surface area contributed by atoms with E-state index in [0.717, 1.165) is 12.8 Å². The number of rotatable bonds is 8. The number of esters is 1. The van der Waals surface area contributed by atoms with Crippen LogP contribution in [0.5, 0.6) is 0 Å². The van der Waals surface area contributed by atoms with E-state index in [1.165, 1.54) is 0 Å². The van der Waals surface area contributed by atoms with Gasteiger partial charge < -0.3 is 14.6 Å². The molecule has 0 spiro atoms. The molecule has 1 N–H and O–H groups in total. The lowest BCUT2D eigenvalue weighted by Gasteiger charge is -2.15. The minimum Gasteiger partial charge on any atom is -0.463 e. The van der Waals surface area contributed by atoms with Crippen LogP contribution in [0.25, 0.3) is 0 Å². The molecule has 0 aliphatic carbocycles. The Labute approximate surface area is 91.6 Å². The van der Waals surface area contributed by atoms with Crippen LogP contribution in [0, 0.1) is 0 Å². The van der Waals surface area contributed by atoms with Crippen molar-refractivity contribution >= 4 is 5.97 Å². The molecule has 4 nitrogen and oxygen atoms in total. The summed E-state index contributed by atoms with van der Waals surface area (Å²) in [6, 6.07) is 0. The van der Waals surface area contributed by atoms with Crippen LogP contribution >= 0.6 is 0 Å². The van der Waals surface area contributed by atoms with Gasteiger partial charge in [0.25, 0.3) is 0 Å². The van der Waals surface area contributed by atoms with Crippen molar-refractivity contribution in [1.82, 2.24) is 0 Å². The molecule has 0 bridgehead atoms. The topological polar surface area (TPSA) is 55.8 Å². The van der Waals surface area contributed by atoms with Crippen LogP contribution in [0.3, 0.4) is 0 Å². The summed E-state index contributed by atoms with van der Waals surface area (Å²) >= 11 is 0. The molecule has 0 aromatic rings. The van der Waals surface area contributed by atoms with E-state index in [0.29, 0.717) is 13.2 Å². The zero-order chi connectivity index (χ0) is 11.7. The Morgan fingerprint density at radius 1 is 1.27 bits per heavy atom. The predicted octanol–water partition coefficient (Wildman–Crippen LogP) is 1.51. The maximum atomic E-state index is 11.1. The van der Waals surface area contributed by atoms with Gasteiger partial charge in [-0.2, -0.15) is 0 Å². The number of aliphatic hydroxyl groups is 1. The lowest BCUT2D eigenvalue weighted by molar-refractivity contribution is -0.149. The first-order chi connectivity index (χ1) is 6.95. The number of carbonyl (C=O) groups is 1. The number of ether oxygens (including phenoxy) is 2. The third kappa shape index (κ3) is 11.3. The largest absolute Gasteiger partial charge is 0.463 e. The Bertz CT molecular complexity index is 172. The molecule has 0 saturated heterocycles. The second-order valence-corrected chi connectivity index (χ2v) is 4.18. The van der Waals surface area contributed by atoms with Crippen molar-refractivity contribution in [2.75, 3.05) is 19.8 Å². The molecule has 0 aliphatic heterocycles. The Kier molecular flexibility index (Phi) is 7.34. The van der Waals surface area contributed by atoms with Crippen molar-refractivity contribution < 1.29 is 19.4 Å². The van der Waals surface area contributed by atoms with Gasteiger partial charge in [-0.25, -0.2) is 0 Å². The lowest BCUT2D eigenvalue weighted by Crippen LogP contribution is -2.25. The molecule has 0 rings (SSSR count). The van der Waals surface area contributed by atoms with Crippen molar-refractivity contribution in [3.05, 3.63) is 0 Å². The SMILES string of the molecule is CCCCOCCOC(=O)CC(C)(C)O. The Morgan fingerprint density at radius 3 is 2.47 bits per heavy atom. The third-order valence-corrected chi connectivity index (χ3v) is 1.71. The van der Waals surface area contributed by atoms with Gasteiger partial charge in [0.2, 0.25) is 0 Å². The molecule has 0 aromatic carbocycles. The summed E-state index contributed by atoms with van der Waals surface area (Å²) in [5, 5.41) is 9.33. The predicted molar refractivity (Wildman–Crippen MR) is 57.6 cm³/mol. The van der Waals surface area contributed by atoms with Crippen LogP contribution in [0.15, 0.2) is 0 Å². The second kappa shape index (κ2) is 7.65. The molecule has 0 aromatic heterocycles. The summed E-state index contributed by atoms with van der Waals surface area (Å²) in [6.45, 7) is 6.64. The highest BCUT2D eigenvalue weighted by atomic mass is 16.6. The number of unbranched alkanes of at least 4 members (excludes halogenated alkanes) is 1. The number of carbonyl (C=O) groups excluding carboxylic acids is 1. The first-order valence-electron chi connectivity index (χ1n) is 5.41. The van der Waals surface area contributed by atoms with Crippen molar-refractivity contribution in [3.63, 3.8) is 0 Å². The highest BCUT2D eigenvalue weighted by molar-refractivity contribution is 5.70. The molecule has 0 heterocycles. The van der Waals surface area contributed by atoms with Crippen LogP contribution in [0.2, 0.25) is 0 Å². The highest BCUT2D eigenvalue weighted by Crippen LogP contribution is 2.07. The molecule has 15 heavy (non-hydrogen) atoms. The van der Waals surface area contributed by atoms with Gasteiger partial charge >= 0.3 is 5.97 Å². The number of hydrogen-bond acceptors (Lipinski definition) is 4. The zero-order valence-electron chi connectivity index (χ0n) is 9.91. The van der Waals surface area contributed by atoms with Crippen LogP contribution < -0.4 is 0 Å². The second-order valence-electron chi connectivity index (χ2n) is 4.18. The maximum Gasteiger partial charge on any atom is 0.308 e. The fourth-order valence-corrected chi connectivity index (χ4v) is 0.967. The average molecular weight is 218 g/mol. The van der Waals surface area contributed by atoms with Gasteiger partial charge in [0, 0.05) is 6.61 Å². The fourth-order valence-electron chi connectivity index (χ4n) is 0.967. The van der Waals surface area contributed by atoms with Crippen LogP contribution in [-0.4, -0.2) is 36.5 Å². The quantitative estimate of drug-likeness (QED) is 0.495. The molecule has 0 amide bonds. The standard InChI is InChI=1S/C11H22O4/c1-4-5-6-14-7-8-15-10(12)9-11(2,3)13/h13H,4-9H2,1-3H3. The van der Waals surface area contributed by atoms with Gasteiger partial charge in [-0.05, 0) is 20.3 Å². The van der Waals surface area contributed by atoms with Crippen molar-refractivity contribution in [1.29, 1.82) is 0 Å². The van der Waals surface area contributed by atoms with Gasteiger partial charge in [-0.3, -0.25) is 4.79 Å². The number of hydrogen-bond donors (Lipinski definition) is 1. The van der Waals surface area contributed by atoms with E-state index in [1.807, 2.05) is 0 Å². The highest BCUT2D eigenvalue weighted by Gasteiger charge is 2.18. The summed E-state index contributed by atoms with van der Waals surface area (Å²) in [6.07, 6.45) is 2.14. The van der Waals surface area contributed by atoms with Gasteiger partial charge in [0.05, 0.1) is 18.6 Å². The first-order valence-corrected chi connectivity index (χ1v) is 5.41. The van der Waals surface area contributed by atoms with Crippen molar-refractivity contribution in [2.24, 2.45) is 0 Å². The molecule has 0 atom stereocenters. The minimum atomic E-state index is -1.000. The van der Waals surface area contributed by atoms with Crippen molar-refractivity contribution in [2.45, 2.75) is 45.6 Å². The minimum absolute atomic E-state index is 0.0158. The Balaban J connectivity index is 3.32. The zero-order valence-corrected chi connectivity index (χ0v) is 9.91. The Hall–Kier alpha value is -0.610. The normalized spacial score (nSPS) is 11.5. The van der Waals surface area contributed by atoms with Gasteiger partial charge in [0.15, 0.2) is 0 Å².